The molecule has 9 heavy (non-hydrogen) atoms. The van der Waals surface area contributed by atoms with Gasteiger partial charge in [0, 0.05) is 19.1 Å². The van der Waals surface area contributed by atoms with E-state index in [4.69, 9.17) is 17.7 Å². The lowest BCUT2D eigenvalue weighted by Crippen LogP contribution is -2.46. The molecule has 2 atom stereocenters. The standard InChI is InChI=1S/C5H10BNO2/c6-5-2-7-1-4(3-8)9-5/h4-5,7-8H,1-3H2/t4-,5+/m0/s1. The van der Waals surface area contributed by atoms with Crippen molar-refractivity contribution in [3.63, 3.8) is 0 Å². The molecule has 0 aromatic rings. The van der Waals surface area contributed by atoms with E-state index < -0.39 is 0 Å². The second kappa shape index (κ2) is 3.20. The first-order valence-electron chi connectivity index (χ1n) is 3.05. The third-order valence-corrected chi connectivity index (χ3v) is 1.29. The number of hydrogen-bond acceptors (Lipinski definition) is 3. The largest absolute Gasteiger partial charge is 0.394 e. The number of nitrogens with one attached hydrogen (secondary N) is 1. The maximum absolute atomic E-state index is 8.59. The zero-order valence-corrected chi connectivity index (χ0v) is 5.21. The zero-order chi connectivity index (χ0) is 6.69. The Balaban J connectivity index is 2.23. The van der Waals surface area contributed by atoms with Gasteiger partial charge in [-0.05, 0) is 0 Å². The Morgan fingerprint density at radius 3 is 2.89 bits per heavy atom. The Labute approximate surface area is 55.8 Å². The van der Waals surface area contributed by atoms with Gasteiger partial charge in [-0.2, -0.15) is 0 Å². The molecule has 0 unspecified atom stereocenters. The predicted molar refractivity (Wildman–Crippen MR) is 34.4 cm³/mol. The SMILES string of the molecule is [B][C@H]1CNC[C@@H](CO)O1. The molecule has 1 heterocycles. The quantitative estimate of drug-likeness (QED) is 0.419. The molecule has 50 valence electrons. The molecule has 1 aliphatic heterocycles. The van der Waals surface area contributed by atoms with Gasteiger partial charge >= 0.3 is 0 Å². The van der Waals surface area contributed by atoms with Crippen LogP contribution < -0.4 is 5.32 Å². The topological polar surface area (TPSA) is 41.5 Å². The molecule has 0 aliphatic carbocycles. The average Bonchev–Trinajstić information content (AvgIpc) is 1.88. The third-order valence-electron chi connectivity index (χ3n) is 1.29. The van der Waals surface area contributed by atoms with Crippen LogP contribution in [0.2, 0.25) is 0 Å². The monoisotopic (exact) mass is 127 g/mol. The van der Waals surface area contributed by atoms with E-state index in [2.05, 4.69) is 5.32 Å². The fourth-order valence-electron chi connectivity index (χ4n) is 0.838. The van der Waals surface area contributed by atoms with Crippen molar-refractivity contribution in [2.75, 3.05) is 19.7 Å². The highest BCUT2D eigenvalue weighted by Gasteiger charge is 2.16. The molecule has 1 rings (SSSR count). The number of hydrogen-bond donors (Lipinski definition) is 2. The van der Waals surface area contributed by atoms with E-state index in [1.807, 2.05) is 0 Å². The lowest BCUT2D eigenvalue weighted by molar-refractivity contribution is -0.0257. The minimum atomic E-state index is -0.254. The molecular weight excluding hydrogens is 117 g/mol. The molecule has 0 spiro atoms. The third kappa shape index (κ3) is 1.97. The summed E-state index contributed by atoms with van der Waals surface area (Å²) in [6.45, 7) is 1.42. The van der Waals surface area contributed by atoms with E-state index in [0.29, 0.717) is 13.1 Å². The molecule has 2 radical (unpaired) electrons. The molecule has 1 aliphatic rings. The van der Waals surface area contributed by atoms with Crippen molar-refractivity contribution >= 4 is 7.85 Å². The van der Waals surface area contributed by atoms with Crippen LogP contribution in [-0.2, 0) is 4.74 Å². The van der Waals surface area contributed by atoms with E-state index in [1.54, 1.807) is 0 Å². The highest BCUT2D eigenvalue weighted by atomic mass is 16.5. The van der Waals surface area contributed by atoms with E-state index in [1.165, 1.54) is 0 Å². The molecule has 1 saturated heterocycles. The molecule has 0 aromatic carbocycles. The first-order valence-corrected chi connectivity index (χ1v) is 3.05. The Kier molecular flexibility index (Phi) is 2.51. The van der Waals surface area contributed by atoms with E-state index in [0.717, 1.165) is 0 Å². The fraction of sp³-hybridized carbons (Fsp3) is 1.00. The van der Waals surface area contributed by atoms with Crippen LogP contribution >= 0.6 is 0 Å². The summed E-state index contributed by atoms with van der Waals surface area (Å²) in [4.78, 5) is 0. The summed E-state index contributed by atoms with van der Waals surface area (Å²) in [6, 6.07) is -0.254. The first-order chi connectivity index (χ1) is 4.33. The maximum atomic E-state index is 8.59. The molecule has 0 aromatic heterocycles. The maximum Gasteiger partial charge on any atom is 0.110 e. The van der Waals surface area contributed by atoms with Gasteiger partial charge in [-0.1, -0.05) is 0 Å². The van der Waals surface area contributed by atoms with Gasteiger partial charge in [0.05, 0.1) is 12.7 Å². The predicted octanol–water partition coefficient (Wildman–Crippen LogP) is -1.54. The number of aliphatic hydroxyl groups excluding tert-OH is 1. The second-order valence-electron chi connectivity index (χ2n) is 2.14. The summed E-state index contributed by atoms with van der Waals surface area (Å²) in [6.07, 6.45) is -0.117. The van der Waals surface area contributed by atoms with Crippen LogP contribution in [-0.4, -0.2) is 44.8 Å². The summed E-state index contributed by atoms with van der Waals surface area (Å²) >= 11 is 0. The first kappa shape index (κ1) is 7.06. The van der Waals surface area contributed by atoms with Crippen molar-refractivity contribution in [1.29, 1.82) is 0 Å². The molecular formula is C5H10BNO2. The Morgan fingerprint density at radius 1 is 1.67 bits per heavy atom. The molecule has 1 fully saturated rings. The second-order valence-corrected chi connectivity index (χ2v) is 2.14. The Morgan fingerprint density at radius 2 is 2.44 bits per heavy atom. The van der Waals surface area contributed by atoms with E-state index in [-0.39, 0.29) is 18.7 Å². The fourth-order valence-corrected chi connectivity index (χ4v) is 0.838. The van der Waals surface area contributed by atoms with Gasteiger partial charge in [-0.3, -0.25) is 0 Å². The van der Waals surface area contributed by atoms with Crippen LogP contribution in [0, 0.1) is 0 Å². The molecule has 0 bridgehead atoms. The van der Waals surface area contributed by atoms with Gasteiger partial charge in [0.25, 0.3) is 0 Å². The van der Waals surface area contributed by atoms with Crippen LogP contribution in [0.25, 0.3) is 0 Å². The zero-order valence-electron chi connectivity index (χ0n) is 5.21. The molecule has 3 nitrogen and oxygen atoms in total. The number of rotatable bonds is 1. The summed E-state index contributed by atoms with van der Waals surface area (Å²) < 4.78 is 5.10. The minimum absolute atomic E-state index is 0.0424. The van der Waals surface area contributed by atoms with Crippen molar-refractivity contribution in [3.05, 3.63) is 0 Å². The lowest BCUT2D eigenvalue weighted by Gasteiger charge is -2.27. The summed E-state index contributed by atoms with van der Waals surface area (Å²) in [5.74, 6) is 0. The van der Waals surface area contributed by atoms with Crippen molar-refractivity contribution in [3.8, 4) is 0 Å². The molecule has 2 N–H and O–H groups in total. The van der Waals surface area contributed by atoms with Gasteiger partial charge in [0.2, 0.25) is 0 Å². The summed E-state index contributed by atoms with van der Waals surface area (Å²) in [7, 11) is 5.40. The lowest BCUT2D eigenvalue weighted by atomic mass is 9.98. The van der Waals surface area contributed by atoms with Gasteiger partial charge in [-0.25, -0.2) is 0 Å². The van der Waals surface area contributed by atoms with Crippen molar-refractivity contribution in [2.45, 2.75) is 12.1 Å². The van der Waals surface area contributed by atoms with Gasteiger partial charge in [0.1, 0.15) is 7.85 Å². The van der Waals surface area contributed by atoms with E-state index >= 15 is 0 Å². The normalized spacial score (nSPS) is 36.6. The van der Waals surface area contributed by atoms with Crippen molar-refractivity contribution in [1.82, 2.24) is 5.32 Å². The van der Waals surface area contributed by atoms with Gasteiger partial charge in [0.15, 0.2) is 0 Å². The molecule has 4 heteroatoms. The smallest absolute Gasteiger partial charge is 0.110 e. The summed E-state index contributed by atoms with van der Waals surface area (Å²) in [5, 5.41) is 11.6. The van der Waals surface area contributed by atoms with E-state index in [9.17, 15) is 0 Å². The highest BCUT2D eigenvalue weighted by Crippen LogP contribution is 1.98. The van der Waals surface area contributed by atoms with Crippen LogP contribution in [0.15, 0.2) is 0 Å². The number of ether oxygens (including phenoxy) is 1. The van der Waals surface area contributed by atoms with Crippen LogP contribution in [0.1, 0.15) is 0 Å². The summed E-state index contributed by atoms with van der Waals surface area (Å²) in [5.41, 5.74) is 0. The van der Waals surface area contributed by atoms with Gasteiger partial charge < -0.3 is 15.2 Å². The van der Waals surface area contributed by atoms with Gasteiger partial charge in [-0.15, -0.1) is 0 Å². The number of aliphatic hydroxyl groups is 1. The average molecular weight is 127 g/mol. The number of morpholine rings is 1. The van der Waals surface area contributed by atoms with Crippen LogP contribution in [0.3, 0.4) is 0 Å². The van der Waals surface area contributed by atoms with Crippen LogP contribution in [0.5, 0.6) is 0 Å². The minimum Gasteiger partial charge on any atom is -0.394 e. The molecule has 0 amide bonds. The van der Waals surface area contributed by atoms with Crippen molar-refractivity contribution < 1.29 is 9.84 Å². The Hall–Kier alpha value is -0.0551. The van der Waals surface area contributed by atoms with Crippen molar-refractivity contribution in [2.24, 2.45) is 0 Å². The van der Waals surface area contributed by atoms with Crippen LogP contribution in [0.4, 0.5) is 0 Å². The molecule has 0 saturated carbocycles. The Bertz CT molecular complexity index is 91.0. The highest BCUT2D eigenvalue weighted by molar-refractivity contribution is 6.11.